The maximum atomic E-state index is 13.3. The fraction of sp³-hybridized carbons (Fsp3) is 0.647. The molecule has 4 heteroatoms. The fourth-order valence-corrected chi connectivity index (χ4v) is 3.21. The molecule has 2 nitrogen and oxygen atoms in total. The van der Waals surface area contributed by atoms with E-state index in [-0.39, 0.29) is 21.9 Å². The lowest BCUT2D eigenvalue weighted by Gasteiger charge is -2.52. The Kier molecular flexibility index (Phi) is 4.96. The Morgan fingerprint density at radius 1 is 1.29 bits per heavy atom. The van der Waals surface area contributed by atoms with E-state index in [1.54, 1.807) is 6.07 Å². The Morgan fingerprint density at radius 2 is 1.95 bits per heavy atom. The molecular formula is C17H26ClFN2. The van der Waals surface area contributed by atoms with E-state index in [2.05, 4.69) is 37.9 Å². The highest BCUT2D eigenvalue weighted by atomic mass is 35.5. The third-order valence-electron chi connectivity index (χ3n) is 4.96. The zero-order chi connectivity index (χ0) is 15.7. The molecule has 1 heterocycles. The Hall–Kier alpha value is -0.640. The summed E-state index contributed by atoms with van der Waals surface area (Å²) in [5, 5.41) is 3.94. The van der Waals surface area contributed by atoms with Gasteiger partial charge in [0, 0.05) is 30.7 Å². The highest BCUT2D eigenvalue weighted by molar-refractivity contribution is 6.30. The second-order valence-electron chi connectivity index (χ2n) is 6.76. The van der Waals surface area contributed by atoms with Crippen molar-refractivity contribution in [2.24, 2.45) is 0 Å². The topological polar surface area (TPSA) is 15.3 Å². The molecule has 0 aromatic heterocycles. The summed E-state index contributed by atoms with van der Waals surface area (Å²) >= 11 is 5.91. The Labute approximate surface area is 132 Å². The average Bonchev–Trinajstić information content (AvgIpc) is 2.45. The molecule has 0 spiro atoms. The van der Waals surface area contributed by atoms with Gasteiger partial charge in [-0.1, -0.05) is 31.5 Å². The van der Waals surface area contributed by atoms with E-state index in [9.17, 15) is 4.39 Å². The van der Waals surface area contributed by atoms with Crippen molar-refractivity contribution >= 4 is 11.6 Å². The molecule has 1 fully saturated rings. The fourth-order valence-electron chi connectivity index (χ4n) is 3.00. The summed E-state index contributed by atoms with van der Waals surface area (Å²) < 4.78 is 13.3. The van der Waals surface area contributed by atoms with Crippen molar-refractivity contribution < 1.29 is 4.39 Å². The summed E-state index contributed by atoms with van der Waals surface area (Å²) in [5.41, 5.74) is 1.33. The molecule has 0 aliphatic carbocycles. The molecule has 21 heavy (non-hydrogen) atoms. The number of benzene rings is 1. The molecule has 0 saturated carbocycles. The number of rotatable bonds is 4. The lowest BCUT2D eigenvalue weighted by Crippen LogP contribution is -2.67. The third kappa shape index (κ3) is 3.58. The van der Waals surface area contributed by atoms with Crippen LogP contribution in [-0.2, 0) is 6.54 Å². The van der Waals surface area contributed by atoms with Crippen LogP contribution in [0, 0.1) is 5.82 Å². The molecule has 118 valence electrons. The molecule has 1 N–H and O–H groups in total. The molecular weight excluding hydrogens is 287 g/mol. The van der Waals surface area contributed by atoms with Crippen molar-refractivity contribution in [1.29, 1.82) is 0 Å². The van der Waals surface area contributed by atoms with Crippen molar-refractivity contribution in [3.05, 3.63) is 34.6 Å². The quantitative estimate of drug-likeness (QED) is 0.895. The smallest absolute Gasteiger partial charge is 0.141 e. The van der Waals surface area contributed by atoms with Gasteiger partial charge in [-0.05, 0) is 44.4 Å². The summed E-state index contributed by atoms with van der Waals surface area (Å²) in [4.78, 5) is 2.49. The first-order valence-electron chi connectivity index (χ1n) is 7.76. The molecule has 0 atom stereocenters. The van der Waals surface area contributed by atoms with Crippen molar-refractivity contribution in [2.45, 2.75) is 58.2 Å². The van der Waals surface area contributed by atoms with E-state index >= 15 is 0 Å². The van der Waals surface area contributed by atoms with Gasteiger partial charge in [0.1, 0.15) is 5.82 Å². The minimum Gasteiger partial charge on any atom is -0.308 e. The maximum absolute atomic E-state index is 13.3. The third-order valence-corrected chi connectivity index (χ3v) is 5.25. The van der Waals surface area contributed by atoms with Gasteiger partial charge in [-0.25, -0.2) is 4.39 Å². The Morgan fingerprint density at radius 3 is 2.52 bits per heavy atom. The molecule has 1 saturated heterocycles. The highest BCUT2D eigenvalue weighted by Gasteiger charge is 2.40. The molecule has 0 bridgehead atoms. The Balaban J connectivity index is 2.20. The van der Waals surface area contributed by atoms with Crippen LogP contribution in [0.2, 0.25) is 5.02 Å². The van der Waals surface area contributed by atoms with Crippen molar-refractivity contribution in [3.8, 4) is 0 Å². The van der Waals surface area contributed by atoms with Crippen LogP contribution < -0.4 is 5.32 Å². The molecule has 0 unspecified atom stereocenters. The van der Waals surface area contributed by atoms with E-state index in [4.69, 9.17) is 11.6 Å². The summed E-state index contributed by atoms with van der Waals surface area (Å²) in [6.07, 6.45) is 2.22. The van der Waals surface area contributed by atoms with E-state index in [1.165, 1.54) is 6.07 Å². The summed E-state index contributed by atoms with van der Waals surface area (Å²) in [5.74, 6) is -0.351. The number of hydrogen-bond donors (Lipinski definition) is 1. The molecule has 1 aromatic carbocycles. The number of piperazine rings is 1. The first-order valence-corrected chi connectivity index (χ1v) is 8.14. The van der Waals surface area contributed by atoms with Crippen molar-refractivity contribution in [3.63, 3.8) is 0 Å². The normalized spacial score (nSPS) is 21.4. The standard InChI is InChI=1S/C17H26ClFN2/c1-5-17(6-2)12-21(16(3,4)11-20-17)10-13-7-8-15(19)14(18)9-13/h7-9,20H,5-6,10-12H2,1-4H3. The predicted molar refractivity (Wildman–Crippen MR) is 87.2 cm³/mol. The number of nitrogens with one attached hydrogen (secondary N) is 1. The minimum absolute atomic E-state index is 0.0781. The van der Waals surface area contributed by atoms with Gasteiger partial charge in [-0.2, -0.15) is 0 Å². The second-order valence-corrected chi connectivity index (χ2v) is 7.17. The first-order chi connectivity index (χ1) is 9.82. The van der Waals surface area contributed by atoms with Crippen LogP contribution in [0.3, 0.4) is 0 Å². The Bertz CT molecular complexity index is 498. The number of nitrogens with zero attached hydrogens (tertiary/aromatic N) is 1. The van der Waals surface area contributed by atoms with Gasteiger partial charge in [0.25, 0.3) is 0 Å². The van der Waals surface area contributed by atoms with E-state index in [0.29, 0.717) is 0 Å². The van der Waals surface area contributed by atoms with Gasteiger partial charge < -0.3 is 5.32 Å². The zero-order valence-electron chi connectivity index (χ0n) is 13.5. The van der Waals surface area contributed by atoms with Gasteiger partial charge in [0.05, 0.1) is 5.02 Å². The van der Waals surface area contributed by atoms with Crippen molar-refractivity contribution in [1.82, 2.24) is 10.2 Å². The van der Waals surface area contributed by atoms with Crippen LogP contribution >= 0.6 is 11.6 Å². The van der Waals surface area contributed by atoms with Gasteiger partial charge in [-0.3, -0.25) is 4.90 Å². The molecule has 1 aromatic rings. The van der Waals surface area contributed by atoms with Gasteiger partial charge in [0.15, 0.2) is 0 Å². The highest BCUT2D eigenvalue weighted by Crippen LogP contribution is 2.30. The summed E-state index contributed by atoms with van der Waals surface area (Å²) in [6.45, 7) is 11.7. The largest absolute Gasteiger partial charge is 0.308 e. The first kappa shape index (κ1) is 16.7. The molecule has 1 aliphatic rings. The van der Waals surface area contributed by atoms with E-state index in [1.807, 2.05) is 6.07 Å². The lowest BCUT2D eigenvalue weighted by molar-refractivity contribution is 0.0161. The van der Waals surface area contributed by atoms with Crippen LogP contribution in [0.1, 0.15) is 46.1 Å². The molecule has 0 amide bonds. The predicted octanol–water partition coefficient (Wildman–Crippen LogP) is 4.22. The van der Waals surface area contributed by atoms with Crippen molar-refractivity contribution in [2.75, 3.05) is 13.1 Å². The number of halogens is 2. The number of hydrogen-bond acceptors (Lipinski definition) is 2. The van der Waals surface area contributed by atoms with Crippen LogP contribution in [0.4, 0.5) is 4.39 Å². The zero-order valence-corrected chi connectivity index (χ0v) is 14.2. The maximum Gasteiger partial charge on any atom is 0.141 e. The molecule has 0 radical (unpaired) electrons. The summed E-state index contributed by atoms with van der Waals surface area (Å²) in [7, 11) is 0. The average molecular weight is 313 g/mol. The van der Waals surface area contributed by atoms with Crippen LogP contribution in [0.15, 0.2) is 18.2 Å². The van der Waals surface area contributed by atoms with Gasteiger partial charge >= 0.3 is 0 Å². The molecule has 1 aliphatic heterocycles. The van der Waals surface area contributed by atoms with Gasteiger partial charge in [-0.15, -0.1) is 0 Å². The van der Waals surface area contributed by atoms with Crippen LogP contribution in [0.5, 0.6) is 0 Å². The second kappa shape index (κ2) is 6.23. The lowest BCUT2D eigenvalue weighted by atomic mass is 9.84. The minimum atomic E-state index is -0.351. The van der Waals surface area contributed by atoms with E-state index in [0.717, 1.165) is 38.0 Å². The monoisotopic (exact) mass is 312 g/mol. The summed E-state index contributed by atoms with van der Waals surface area (Å²) in [6, 6.07) is 5.03. The van der Waals surface area contributed by atoms with Gasteiger partial charge in [0.2, 0.25) is 0 Å². The SMILES string of the molecule is CCC1(CC)CN(Cc2ccc(F)c(Cl)c2)C(C)(C)CN1. The molecule has 2 rings (SSSR count). The van der Waals surface area contributed by atoms with Crippen LogP contribution in [0.25, 0.3) is 0 Å². The van der Waals surface area contributed by atoms with E-state index < -0.39 is 0 Å². The van der Waals surface area contributed by atoms with Crippen LogP contribution in [-0.4, -0.2) is 29.1 Å².